The molecule has 1 aliphatic heterocycles. The monoisotopic (exact) mass is 783 g/mol. The van der Waals surface area contributed by atoms with Crippen LogP contribution in [0, 0.1) is 0 Å². The van der Waals surface area contributed by atoms with Gasteiger partial charge >= 0.3 is 0 Å². The maximum atomic E-state index is 12.7. The predicted molar refractivity (Wildman–Crippen MR) is 252 cm³/mol. The van der Waals surface area contributed by atoms with Crippen molar-refractivity contribution in [2.45, 2.75) is 228 Å². The first-order chi connectivity index (χ1) is 26.6. The van der Waals surface area contributed by atoms with Crippen LogP contribution >= 0.6 is 0 Å². The van der Waals surface area contributed by atoms with E-state index < -0.39 is 16.1 Å². The Kier molecular flexibility index (Phi) is 20.1. The van der Waals surface area contributed by atoms with Crippen LogP contribution in [0.3, 0.4) is 0 Å². The van der Waals surface area contributed by atoms with Crippen molar-refractivity contribution in [3.63, 3.8) is 0 Å². The van der Waals surface area contributed by atoms with Crippen LogP contribution < -0.4 is 0 Å². The fraction of sp³-hybridized carbons (Fsp3) is 0.686. The van der Waals surface area contributed by atoms with Crippen molar-refractivity contribution in [3.05, 3.63) is 85.5 Å². The van der Waals surface area contributed by atoms with Gasteiger partial charge in [-0.1, -0.05) is 145 Å². The molecule has 0 aromatic heterocycles. The summed E-state index contributed by atoms with van der Waals surface area (Å²) in [6.45, 7) is 28.8. The van der Waals surface area contributed by atoms with Crippen LogP contribution in [-0.2, 0) is 37.8 Å². The van der Waals surface area contributed by atoms with Gasteiger partial charge in [-0.2, -0.15) is 0 Å². The molecule has 0 saturated heterocycles. The van der Waals surface area contributed by atoms with Crippen LogP contribution in [0.2, 0.25) is 36.3 Å². The van der Waals surface area contributed by atoms with Gasteiger partial charge in [0.25, 0.3) is 0 Å². The molecule has 4 heteroatoms. The number of hydrogen-bond acceptors (Lipinski definition) is 0. The summed E-state index contributed by atoms with van der Waals surface area (Å²) in [6.07, 6.45) is 17.6. The molecule has 0 atom stereocenters. The van der Waals surface area contributed by atoms with Crippen molar-refractivity contribution in [1.82, 2.24) is 0 Å². The lowest BCUT2D eigenvalue weighted by molar-refractivity contribution is -0.345. The minimum absolute atomic E-state index is 1.01. The summed E-state index contributed by atoms with van der Waals surface area (Å²) >= 11 is 0. The highest BCUT2D eigenvalue weighted by atomic mass is 28.3. The van der Waals surface area contributed by atoms with Crippen molar-refractivity contribution in [1.29, 1.82) is 0 Å². The number of allylic oxidation sites excluding steroid dienone is 2. The van der Waals surface area contributed by atoms with Crippen LogP contribution in [0.5, 0.6) is 0 Å². The van der Waals surface area contributed by atoms with Gasteiger partial charge in [0.15, 0.2) is 0 Å². The Morgan fingerprint density at radius 3 is 1.02 bits per heavy atom. The van der Waals surface area contributed by atoms with Crippen LogP contribution in [0.25, 0.3) is 16.9 Å². The SMILES string of the molecule is CCCCC1=C(c2cc(CCCC)c(C[Si](CC)(CC)CC)c(CCCC)c2)[N+](=[N-])C(c2cc(CCCC)c(C[Si](CC)(CC)CC)c(CCCC)c2)=C1C. The molecule has 3 rings (SSSR count). The van der Waals surface area contributed by atoms with E-state index in [1.807, 2.05) is 0 Å². The predicted octanol–water partition coefficient (Wildman–Crippen LogP) is 16.6. The van der Waals surface area contributed by atoms with Crippen molar-refractivity contribution in [2.24, 2.45) is 0 Å². The smallest absolute Gasteiger partial charge is 0.211 e. The van der Waals surface area contributed by atoms with Crippen molar-refractivity contribution >= 4 is 27.5 Å². The highest BCUT2D eigenvalue weighted by Gasteiger charge is 2.36. The Labute approximate surface area is 344 Å². The molecule has 1 aliphatic rings. The van der Waals surface area contributed by atoms with E-state index in [4.69, 9.17) is 0 Å². The van der Waals surface area contributed by atoms with E-state index in [2.05, 4.69) is 107 Å². The number of nitrogens with zero attached hydrogens (tertiary/aromatic N) is 2. The molecule has 0 bridgehead atoms. The summed E-state index contributed by atoms with van der Waals surface area (Å²) < 4.78 is 1.68. The number of rotatable bonds is 27. The van der Waals surface area contributed by atoms with Crippen LogP contribution in [0.4, 0.5) is 0 Å². The minimum atomic E-state index is -1.39. The Morgan fingerprint density at radius 2 is 0.727 bits per heavy atom. The molecule has 0 amide bonds. The van der Waals surface area contributed by atoms with Gasteiger partial charge in [0.05, 0.1) is 16.1 Å². The summed E-state index contributed by atoms with van der Waals surface area (Å²) in [4.78, 5) is 0. The molecule has 308 valence electrons. The molecule has 0 fully saturated rings. The lowest BCUT2D eigenvalue weighted by atomic mass is 9.89. The van der Waals surface area contributed by atoms with Gasteiger partial charge < -0.3 is 5.53 Å². The molecule has 55 heavy (non-hydrogen) atoms. The molecule has 0 unspecified atom stereocenters. The maximum absolute atomic E-state index is 12.7. The lowest BCUT2D eigenvalue weighted by Gasteiger charge is -2.31. The zero-order valence-corrected chi connectivity index (χ0v) is 40.5. The molecule has 1 heterocycles. The molecule has 0 N–H and O–H groups in total. The third kappa shape index (κ3) is 11.5. The topological polar surface area (TPSA) is 25.3 Å². The molecule has 2 nitrogen and oxygen atoms in total. The normalized spacial score (nSPS) is 13.9. The van der Waals surface area contributed by atoms with E-state index in [1.165, 1.54) is 122 Å². The minimum Gasteiger partial charge on any atom is -0.493 e. The first kappa shape index (κ1) is 47.3. The Balaban J connectivity index is 2.34. The summed E-state index contributed by atoms with van der Waals surface area (Å²) in [6, 6.07) is 21.0. The molecule has 0 saturated carbocycles. The highest BCUT2D eigenvalue weighted by molar-refractivity contribution is 6.79. The standard InChI is InChI=1S/C51H86N2Si2/c1-13-24-29-41-34-45(35-42(30-25-14-2)48(41)38-54(18-6,19-7)20-8)50-40(12)47(33-28-17-5)51(53(50)52)46-36-43(31-26-15-3)49(44(37-46)32-27-16-4)39-55(21-9,22-10)23-11/h34-37H,13-33,38-39H2,1-12H3. The Bertz CT molecular complexity index is 1510. The Morgan fingerprint density at radius 1 is 0.436 bits per heavy atom. The van der Waals surface area contributed by atoms with E-state index in [9.17, 15) is 5.53 Å². The second kappa shape index (κ2) is 23.4. The van der Waals surface area contributed by atoms with Crippen LogP contribution in [0.15, 0.2) is 35.4 Å². The quantitative estimate of drug-likeness (QED) is 0.0637. The molecule has 0 radical (unpaired) electrons. The van der Waals surface area contributed by atoms with Gasteiger partial charge in [0, 0.05) is 22.3 Å². The van der Waals surface area contributed by atoms with Gasteiger partial charge in [-0.15, -0.1) is 0 Å². The number of aryl methyl sites for hydroxylation is 4. The van der Waals surface area contributed by atoms with Crippen molar-refractivity contribution < 1.29 is 4.70 Å². The lowest BCUT2D eigenvalue weighted by Crippen LogP contribution is -2.35. The summed E-state index contributed by atoms with van der Waals surface area (Å²) in [5, 5.41) is 0. The van der Waals surface area contributed by atoms with Gasteiger partial charge in [-0.25, -0.2) is 4.70 Å². The maximum Gasteiger partial charge on any atom is 0.211 e. The molecule has 0 aliphatic carbocycles. The van der Waals surface area contributed by atoms with Gasteiger partial charge in [-0.3, -0.25) is 0 Å². The third-order valence-electron chi connectivity index (χ3n) is 14.5. The average Bonchev–Trinajstić information content (AvgIpc) is 3.46. The van der Waals surface area contributed by atoms with Crippen molar-refractivity contribution in [3.8, 4) is 0 Å². The molecule has 0 spiro atoms. The summed E-state index contributed by atoms with van der Waals surface area (Å²) in [5.74, 6) is 0. The number of benzene rings is 2. The van der Waals surface area contributed by atoms with Crippen molar-refractivity contribution in [2.75, 3.05) is 0 Å². The van der Waals surface area contributed by atoms with E-state index >= 15 is 0 Å². The number of hydrogen-bond donors (Lipinski definition) is 0. The first-order valence-corrected chi connectivity index (χ1v) is 29.4. The fourth-order valence-electron chi connectivity index (χ4n) is 9.70. The molecular formula is C51H86N2Si2. The Hall–Kier alpha value is -2.05. The van der Waals surface area contributed by atoms with E-state index in [0.717, 1.165) is 56.3 Å². The van der Waals surface area contributed by atoms with Gasteiger partial charge in [0.2, 0.25) is 11.4 Å². The average molecular weight is 783 g/mol. The summed E-state index contributed by atoms with van der Waals surface area (Å²) in [5.41, 5.74) is 29.6. The zero-order valence-electron chi connectivity index (χ0n) is 38.5. The second-order valence-corrected chi connectivity index (χ2v) is 28.6. The van der Waals surface area contributed by atoms with Crippen LogP contribution in [-0.4, -0.2) is 20.8 Å². The molecular weight excluding hydrogens is 697 g/mol. The fourth-order valence-corrected chi connectivity index (χ4v) is 16.6. The molecule has 2 aromatic rings. The van der Waals surface area contributed by atoms with E-state index in [0.29, 0.717) is 0 Å². The third-order valence-corrected chi connectivity index (χ3v) is 25.7. The zero-order chi connectivity index (χ0) is 40.6. The number of unbranched alkanes of at least 4 members (excludes halogenated alkanes) is 5. The van der Waals surface area contributed by atoms with E-state index in [1.54, 1.807) is 38.1 Å². The highest BCUT2D eigenvalue weighted by Crippen LogP contribution is 2.45. The van der Waals surface area contributed by atoms with Gasteiger partial charge in [0.1, 0.15) is 0 Å². The van der Waals surface area contributed by atoms with Gasteiger partial charge in [-0.05, 0) is 141 Å². The van der Waals surface area contributed by atoms with E-state index in [-0.39, 0.29) is 0 Å². The second-order valence-electron chi connectivity index (χ2n) is 17.7. The molecule has 2 aromatic carbocycles. The summed E-state index contributed by atoms with van der Waals surface area (Å²) in [7, 11) is -2.79. The van der Waals surface area contributed by atoms with Crippen LogP contribution in [0.1, 0.15) is 198 Å². The largest absolute Gasteiger partial charge is 0.493 e. The first-order valence-electron chi connectivity index (χ1n) is 23.8.